The Kier molecular flexibility index (Phi) is 5.45. The number of hydrogen-bond acceptors (Lipinski definition) is 5. The fourth-order valence-corrected chi connectivity index (χ4v) is 3.64. The zero-order valence-corrected chi connectivity index (χ0v) is 17.3. The number of benzene rings is 1. The van der Waals surface area contributed by atoms with Gasteiger partial charge in [0.25, 0.3) is 5.91 Å². The first kappa shape index (κ1) is 19.3. The van der Waals surface area contributed by atoms with Crippen LogP contribution in [-0.4, -0.2) is 54.0 Å². The third-order valence-electron chi connectivity index (χ3n) is 5.49. The minimum Gasteiger partial charge on any atom is -0.354 e. The van der Waals surface area contributed by atoms with Crippen LogP contribution in [0.15, 0.2) is 42.6 Å². The number of aromatic nitrogens is 2. The van der Waals surface area contributed by atoms with Crippen LogP contribution in [0.2, 0.25) is 0 Å². The number of piperazine rings is 1. The quantitative estimate of drug-likeness (QED) is 0.743. The molecule has 6 nitrogen and oxygen atoms in total. The maximum Gasteiger partial charge on any atom is 0.253 e. The molecule has 1 N–H and O–H groups in total. The maximum atomic E-state index is 12.7. The fourth-order valence-electron chi connectivity index (χ4n) is 3.64. The average Bonchev–Trinajstić information content (AvgIpc) is 2.73. The molecule has 0 atom stereocenters. The summed E-state index contributed by atoms with van der Waals surface area (Å²) in [5.74, 6) is 0.889. The molecule has 0 radical (unpaired) electrons. The predicted molar refractivity (Wildman–Crippen MR) is 116 cm³/mol. The molecule has 2 aromatic heterocycles. The Morgan fingerprint density at radius 2 is 1.86 bits per heavy atom. The molecule has 0 saturated carbocycles. The lowest BCUT2D eigenvalue weighted by atomic mass is 10.1. The van der Waals surface area contributed by atoms with E-state index < -0.39 is 0 Å². The predicted octanol–water partition coefficient (Wildman–Crippen LogP) is 2.93. The number of anilines is 1. The van der Waals surface area contributed by atoms with E-state index in [-0.39, 0.29) is 5.91 Å². The van der Waals surface area contributed by atoms with Crippen molar-refractivity contribution in [3.05, 3.63) is 65.0 Å². The highest BCUT2D eigenvalue weighted by atomic mass is 16.1. The third-order valence-corrected chi connectivity index (χ3v) is 5.49. The normalized spacial score (nSPS) is 14.9. The lowest BCUT2D eigenvalue weighted by Crippen LogP contribution is -2.44. The molecule has 0 spiro atoms. The third kappa shape index (κ3) is 4.38. The summed E-state index contributed by atoms with van der Waals surface area (Å²) in [6.07, 6.45) is 1.85. The molecule has 3 heterocycles. The topological polar surface area (TPSA) is 61.4 Å². The van der Waals surface area contributed by atoms with E-state index in [0.29, 0.717) is 12.1 Å². The number of amides is 1. The van der Waals surface area contributed by atoms with E-state index in [1.807, 2.05) is 50.4 Å². The molecule has 29 heavy (non-hydrogen) atoms. The Morgan fingerprint density at radius 3 is 2.59 bits per heavy atom. The van der Waals surface area contributed by atoms with Crippen molar-refractivity contribution in [2.75, 3.05) is 38.1 Å². The second-order valence-corrected chi connectivity index (χ2v) is 7.82. The van der Waals surface area contributed by atoms with Crippen molar-refractivity contribution in [1.82, 2.24) is 20.2 Å². The van der Waals surface area contributed by atoms with Gasteiger partial charge in [0, 0.05) is 44.3 Å². The van der Waals surface area contributed by atoms with Gasteiger partial charge in [0.1, 0.15) is 5.82 Å². The van der Waals surface area contributed by atoms with Crippen molar-refractivity contribution in [1.29, 1.82) is 0 Å². The number of fused-ring (bicyclic) bond motifs is 1. The first-order valence-corrected chi connectivity index (χ1v) is 10.0. The fraction of sp³-hybridized carbons (Fsp3) is 0.348. The Morgan fingerprint density at radius 1 is 1.07 bits per heavy atom. The van der Waals surface area contributed by atoms with Gasteiger partial charge in [-0.1, -0.05) is 17.7 Å². The summed E-state index contributed by atoms with van der Waals surface area (Å²) in [6.45, 7) is 8.45. The number of pyridine rings is 2. The number of carbonyl (C=O) groups excluding carboxylic acids is 1. The summed E-state index contributed by atoms with van der Waals surface area (Å²) < 4.78 is 0. The first-order chi connectivity index (χ1) is 14.0. The van der Waals surface area contributed by atoms with Crippen molar-refractivity contribution in [3.63, 3.8) is 0 Å². The molecular formula is C23H27N5O. The van der Waals surface area contributed by atoms with Crippen LogP contribution in [0.1, 0.15) is 27.2 Å². The maximum absolute atomic E-state index is 12.7. The molecule has 1 aliphatic heterocycles. The minimum absolute atomic E-state index is 0.110. The van der Waals surface area contributed by atoms with E-state index in [1.54, 1.807) is 0 Å². The average molecular weight is 390 g/mol. The molecule has 1 fully saturated rings. The highest BCUT2D eigenvalue weighted by molar-refractivity contribution is 5.98. The van der Waals surface area contributed by atoms with Crippen LogP contribution in [0.4, 0.5) is 5.82 Å². The molecule has 1 aliphatic rings. The van der Waals surface area contributed by atoms with Crippen LogP contribution in [0.25, 0.3) is 10.9 Å². The summed E-state index contributed by atoms with van der Waals surface area (Å²) in [6, 6.07) is 12.1. The van der Waals surface area contributed by atoms with E-state index in [2.05, 4.69) is 38.2 Å². The second kappa shape index (κ2) is 8.17. The SMILES string of the molecule is Cc1ccc2nc(C)c(C(=O)NCc3ccc(N4CCN(C)CC4)nc3)cc2c1. The number of aryl methyl sites for hydroxylation is 2. The van der Waals surface area contributed by atoms with Gasteiger partial charge in [0.2, 0.25) is 0 Å². The summed E-state index contributed by atoms with van der Waals surface area (Å²) in [4.78, 5) is 26.5. The van der Waals surface area contributed by atoms with Gasteiger partial charge in [0.15, 0.2) is 0 Å². The van der Waals surface area contributed by atoms with E-state index in [1.165, 1.54) is 0 Å². The van der Waals surface area contributed by atoms with Gasteiger partial charge in [-0.05, 0) is 50.7 Å². The molecule has 0 bridgehead atoms. The van der Waals surface area contributed by atoms with Crippen molar-refractivity contribution < 1.29 is 4.79 Å². The van der Waals surface area contributed by atoms with Gasteiger partial charge in [-0.25, -0.2) is 4.98 Å². The Labute approximate surface area is 171 Å². The largest absolute Gasteiger partial charge is 0.354 e. The second-order valence-electron chi connectivity index (χ2n) is 7.82. The molecule has 3 aromatic rings. The molecule has 150 valence electrons. The minimum atomic E-state index is -0.110. The van der Waals surface area contributed by atoms with Crippen molar-refractivity contribution >= 4 is 22.6 Å². The highest BCUT2D eigenvalue weighted by Gasteiger charge is 2.15. The van der Waals surface area contributed by atoms with Crippen molar-refractivity contribution in [3.8, 4) is 0 Å². The zero-order valence-electron chi connectivity index (χ0n) is 17.3. The van der Waals surface area contributed by atoms with E-state index in [4.69, 9.17) is 0 Å². The lowest BCUT2D eigenvalue weighted by molar-refractivity contribution is 0.0950. The molecule has 0 aliphatic carbocycles. The molecule has 6 heteroatoms. The number of rotatable bonds is 4. The lowest BCUT2D eigenvalue weighted by Gasteiger charge is -2.33. The molecule has 4 rings (SSSR count). The summed E-state index contributed by atoms with van der Waals surface area (Å²) >= 11 is 0. The van der Waals surface area contributed by atoms with E-state index >= 15 is 0 Å². The summed E-state index contributed by atoms with van der Waals surface area (Å²) in [5.41, 5.74) is 4.40. The standard InChI is InChI=1S/C23H27N5O/c1-16-4-6-21-19(12-16)13-20(17(2)26-21)23(29)25-15-18-5-7-22(24-14-18)28-10-8-27(3)9-11-28/h4-7,12-14H,8-11,15H2,1-3H3,(H,25,29). The van der Waals surface area contributed by atoms with Gasteiger partial charge in [-0.15, -0.1) is 0 Å². The van der Waals surface area contributed by atoms with Gasteiger partial charge in [0.05, 0.1) is 16.8 Å². The number of nitrogens with one attached hydrogen (secondary N) is 1. The Hall–Kier alpha value is -2.99. The molecule has 1 amide bonds. The van der Waals surface area contributed by atoms with Gasteiger partial charge in [-0.2, -0.15) is 0 Å². The van der Waals surface area contributed by atoms with Gasteiger partial charge < -0.3 is 15.1 Å². The van der Waals surface area contributed by atoms with E-state index in [0.717, 1.165) is 59.7 Å². The smallest absolute Gasteiger partial charge is 0.253 e. The highest BCUT2D eigenvalue weighted by Crippen LogP contribution is 2.18. The van der Waals surface area contributed by atoms with Gasteiger partial charge >= 0.3 is 0 Å². The van der Waals surface area contributed by atoms with Crippen LogP contribution in [0.5, 0.6) is 0 Å². The van der Waals surface area contributed by atoms with Crippen molar-refractivity contribution in [2.45, 2.75) is 20.4 Å². The number of nitrogens with zero attached hydrogens (tertiary/aromatic N) is 4. The zero-order chi connectivity index (χ0) is 20.4. The molecule has 1 aromatic carbocycles. The number of likely N-dealkylation sites (N-methyl/N-ethyl adjacent to an activating group) is 1. The Bertz CT molecular complexity index is 1020. The van der Waals surface area contributed by atoms with Crippen LogP contribution < -0.4 is 10.2 Å². The van der Waals surface area contributed by atoms with Crippen LogP contribution >= 0.6 is 0 Å². The molecule has 0 unspecified atom stereocenters. The monoisotopic (exact) mass is 389 g/mol. The number of hydrogen-bond donors (Lipinski definition) is 1. The van der Waals surface area contributed by atoms with Crippen LogP contribution in [0.3, 0.4) is 0 Å². The van der Waals surface area contributed by atoms with Crippen molar-refractivity contribution in [2.24, 2.45) is 0 Å². The van der Waals surface area contributed by atoms with Crippen LogP contribution in [-0.2, 0) is 6.54 Å². The summed E-state index contributed by atoms with van der Waals surface area (Å²) in [7, 11) is 2.14. The summed E-state index contributed by atoms with van der Waals surface area (Å²) in [5, 5.41) is 3.99. The first-order valence-electron chi connectivity index (χ1n) is 10.0. The van der Waals surface area contributed by atoms with Crippen LogP contribution in [0, 0.1) is 13.8 Å². The Balaban J connectivity index is 1.42. The van der Waals surface area contributed by atoms with Gasteiger partial charge in [-0.3, -0.25) is 9.78 Å². The molecule has 1 saturated heterocycles. The molecular weight excluding hydrogens is 362 g/mol. The van der Waals surface area contributed by atoms with E-state index in [9.17, 15) is 4.79 Å². The number of carbonyl (C=O) groups is 1.